The van der Waals surface area contributed by atoms with Crippen molar-refractivity contribution in [2.45, 2.75) is 71.9 Å². The first-order valence-corrected chi connectivity index (χ1v) is 12.2. The van der Waals surface area contributed by atoms with E-state index >= 15 is 0 Å². The fraction of sp³-hybridized carbons (Fsp3) is 0.520. The lowest BCUT2D eigenvalue weighted by Gasteiger charge is -2.27. The van der Waals surface area contributed by atoms with E-state index in [4.69, 9.17) is 9.72 Å². The summed E-state index contributed by atoms with van der Waals surface area (Å²) in [5.41, 5.74) is 4.98. The Morgan fingerprint density at radius 3 is 2.57 bits per heavy atom. The maximum absolute atomic E-state index is 11.4. The summed E-state index contributed by atoms with van der Waals surface area (Å²) in [5.74, 6) is 0.176. The first-order chi connectivity index (χ1) is 16.9. The van der Waals surface area contributed by atoms with Crippen LogP contribution in [0.15, 0.2) is 18.2 Å². The molecule has 10 heteroatoms. The Morgan fingerprint density at radius 2 is 1.91 bits per heavy atom. The van der Waals surface area contributed by atoms with Crippen LogP contribution in [-0.2, 0) is 31.2 Å². The minimum absolute atomic E-state index is 0.112. The van der Waals surface area contributed by atoms with E-state index in [0.717, 1.165) is 48.5 Å². The van der Waals surface area contributed by atoms with Gasteiger partial charge < -0.3 is 15.2 Å². The first-order valence-electron chi connectivity index (χ1n) is 12.2. The minimum atomic E-state index is -0.745. The Bertz CT molecular complexity index is 1170. The molecule has 2 N–H and O–H groups in total. The fourth-order valence-electron chi connectivity index (χ4n) is 4.39. The van der Waals surface area contributed by atoms with Crippen LogP contribution in [0.2, 0.25) is 0 Å². The molecule has 1 aliphatic rings. The Hall–Kier alpha value is -3.56. The maximum Gasteiger partial charge on any atom is 0.306 e. The molecule has 186 valence electrons. The zero-order valence-corrected chi connectivity index (χ0v) is 20.8. The van der Waals surface area contributed by atoms with Crippen LogP contribution in [0.4, 0.5) is 5.95 Å². The van der Waals surface area contributed by atoms with Gasteiger partial charge in [0, 0.05) is 18.4 Å². The molecule has 0 bridgehead atoms. The predicted molar refractivity (Wildman–Crippen MR) is 131 cm³/mol. The van der Waals surface area contributed by atoms with E-state index in [-0.39, 0.29) is 12.0 Å². The lowest BCUT2D eigenvalue weighted by Crippen LogP contribution is -2.29. The summed E-state index contributed by atoms with van der Waals surface area (Å²) in [5, 5.41) is 21.2. The van der Waals surface area contributed by atoms with Crippen LogP contribution >= 0.6 is 0 Å². The Kier molecular flexibility index (Phi) is 7.57. The molecular formula is C25H33N7O3. The summed E-state index contributed by atoms with van der Waals surface area (Å²) < 4.78 is 7.87. The quantitative estimate of drug-likeness (QED) is 0.472. The third-order valence-electron chi connectivity index (χ3n) is 6.46. The van der Waals surface area contributed by atoms with Gasteiger partial charge in [-0.3, -0.25) is 4.79 Å². The molecule has 0 aliphatic heterocycles. The van der Waals surface area contributed by atoms with Crippen molar-refractivity contribution in [2.24, 2.45) is 13.0 Å². The lowest BCUT2D eigenvalue weighted by atomic mass is 9.87. The number of nitrogens with one attached hydrogen (secondary N) is 1. The smallest absolute Gasteiger partial charge is 0.306 e. The van der Waals surface area contributed by atoms with E-state index in [0.29, 0.717) is 42.5 Å². The fourth-order valence-corrected chi connectivity index (χ4v) is 4.39. The summed E-state index contributed by atoms with van der Waals surface area (Å²) in [6.07, 6.45) is 4.52. The minimum Gasteiger partial charge on any atom is -0.489 e. The molecule has 2 atom stereocenters. The monoisotopic (exact) mass is 479 g/mol. The highest BCUT2D eigenvalue weighted by molar-refractivity contribution is 5.70. The molecule has 1 saturated carbocycles. The van der Waals surface area contributed by atoms with Crippen LogP contribution < -0.4 is 10.1 Å². The Balaban J connectivity index is 1.49. The van der Waals surface area contributed by atoms with Crippen molar-refractivity contribution in [1.29, 1.82) is 0 Å². The second kappa shape index (κ2) is 10.8. The highest BCUT2D eigenvalue weighted by Crippen LogP contribution is 2.30. The number of carboxylic acids is 1. The van der Waals surface area contributed by atoms with Gasteiger partial charge in [0.15, 0.2) is 0 Å². The molecule has 1 aliphatic carbocycles. The van der Waals surface area contributed by atoms with Gasteiger partial charge in [-0.25, -0.2) is 19.6 Å². The highest BCUT2D eigenvalue weighted by atomic mass is 16.5. The van der Waals surface area contributed by atoms with E-state index in [1.54, 1.807) is 4.68 Å². The van der Waals surface area contributed by atoms with Crippen LogP contribution in [0.3, 0.4) is 0 Å². The van der Waals surface area contributed by atoms with E-state index in [1.165, 1.54) is 0 Å². The molecule has 3 heterocycles. The molecule has 4 rings (SSSR count). The van der Waals surface area contributed by atoms with Crippen molar-refractivity contribution in [2.75, 3.05) is 5.32 Å². The van der Waals surface area contributed by atoms with Crippen molar-refractivity contribution in [3.05, 3.63) is 41.0 Å². The number of nitrogens with zero attached hydrogens (tertiary/aromatic N) is 6. The van der Waals surface area contributed by atoms with Crippen LogP contribution in [0, 0.1) is 12.8 Å². The van der Waals surface area contributed by atoms with E-state index in [1.807, 2.05) is 32.2 Å². The molecule has 0 radical (unpaired) electrons. The standard InChI is InChI=1S/C25H33N7O3/c1-5-17-13-18(6-2)29-25(28-17)26-14-21-23(30-31-32(21)4)20-10-11-22(15(3)27-20)35-19-9-7-8-16(12-19)24(33)34/h10-11,13,16,19H,5-9,12,14H2,1-4H3,(H,33,34)(H,26,28,29)/t16-,19-/m0/s1. The number of pyridine rings is 1. The predicted octanol–water partition coefficient (Wildman–Crippen LogP) is 3.73. The number of aliphatic carboxylic acids is 1. The molecule has 1 fully saturated rings. The van der Waals surface area contributed by atoms with Gasteiger partial charge in [0.25, 0.3) is 0 Å². The van der Waals surface area contributed by atoms with Crippen LogP contribution in [-0.4, -0.2) is 47.1 Å². The second-order valence-corrected chi connectivity index (χ2v) is 8.96. The molecule has 0 aromatic carbocycles. The summed E-state index contributed by atoms with van der Waals surface area (Å²) in [4.78, 5) is 25.3. The Morgan fingerprint density at radius 1 is 1.17 bits per heavy atom. The number of rotatable bonds is 9. The molecule has 0 unspecified atom stereocenters. The molecule has 0 saturated heterocycles. The number of aryl methyl sites for hydroxylation is 4. The van der Waals surface area contributed by atoms with Gasteiger partial charge in [0.1, 0.15) is 11.4 Å². The van der Waals surface area contributed by atoms with Gasteiger partial charge in [0.2, 0.25) is 5.95 Å². The molecule has 10 nitrogen and oxygen atoms in total. The van der Waals surface area contributed by atoms with Crippen molar-refractivity contribution in [3.63, 3.8) is 0 Å². The van der Waals surface area contributed by atoms with Crippen molar-refractivity contribution in [1.82, 2.24) is 29.9 Å². The lowest BCUT2D eigenvalue weighted by molar-refractivity contribution is -0.143. The number of carboxylic acid groups (broad SMARTS) is 1. The molecular weight excluding hydrogens is 446 g/mol. The largest absolute Gasteiger partial charge is 0.489 e. The Labute approximate surface area is 205 Å². The van der Waals surface area contributed by atoms with Crippen LogP contribution in [0.5, 0.6) is 5.75 Å². The third-order valence-corrected chi connectivity index (χ3v) is 6.46. The summed E-state index contributed by atoms with van der Waals surface area (Å²) in [7, 11) is 1.85. The zero-order chi connectivity index (χ0) is 24.9. The number of carbonyl (C=O) groups is 1. The maximum atomic E-state index is 11.4. The van der Waals surface area contributed by atoms with Gasteiger partial charge in [0.05, 0.1) is 35.6 Å². The number of ether oxygens (including phenoxy) is 1. The molecule has 0 spiro atoms. The summed E-state index contributed by atoms with van der Waals surface area (Å²) in [6.45, 7) is 6.50. The average Bonchev–Trinajstić information content (AvgIpc) is 3.23. The van der Waals surface area contributed by atoms with E-state index < -0.39 is 5.97 Å². The van der Waals surface area contributed by atoms with Crippen molar-refractivity contribution in [3.8, 4) is 17.1 Å². The molecule has 0 amide bonds. The van der Waals surface area contributed by atoms with Gasteiger partial charge >= 0.3 is 5.97 Å². The van der Waals surface area contributed by atoms with Crippen molar-refractivity contribution < 1.29 is 14.6 Å². The normalized spacial score (nSPS) is 17.8. The summed E-state index contributed by atoms with van der Waals surface area (Å²) >= 11 is 0. The van der Waals surface area contributed by atoms with Gasteiger partial charge in [-0.1, -0.05) is 19.1 Å². The summed E-state index contributed by atoms with van der Waals surface area (Å²) in [6, 6.07) is 5.79. The molecule has 35 heavy (non-hydrogen) atoms. The van der Waals surface area contributed by atoms with Crippen molar-refractivity contribution >= 4 is 11.9 Å². The number of aromatic nitrogens is 6. The second-order valence-electron chi connectivity index (χ2n) is 8.96. The van der Waals surface area contributed by atoms with Crippen LogP contribution in [0.1, 0.15) is 62.3 Å². The van der Waals surface area contributed by atoms with Crippen LogP contribution in [0.25, 0.3) is 11.4 Å². The number of anilines is 1. The van der Waals surface area contributed by atoms with Gasteiger partial charge in [-0.15, -0.1) is 5.10 Å². The zero-order valence-electron chi connectivity index (χ0n) is 20.8. The first kappa shape index (κ1) is 24.6. The van der Waals surface area contributed by atoms with E-state index in [2.05, 4.69) is 39.4 Å². The third kappa shape index (κ3) is 5.75. The molecule has 3 aromatic heterocycles. The van der Waals surface area contributed by atoms with Gasteiger partial charge in [-0.2, -0.15) is 0 Å². The SMILES string of the molecule is CCc1cc(CC)nc(NCc2c(-c3ccc(O[C@H]4CCC[C@H](C(=O)O)C4)c(C)n3)nnn2C)n1. The van der Waals surface area contributed by atoms with Gasteiger partial charge in [-0.05, 0) is 63.6 Å². The molecule has 3 aromatic rings. The topological polar surface area (TPSA) is 128 Å². The number of hydrogen-bond donors (Lipinski definition) is 2. The average molecular weight is 480 g/mol. The number of hydrogen-bond acceptors (Lipinski definition) is 8. The van der Waals surface area contributed by atoms with E-state index in [9.17, 15) is 9.90 Å². The highest BCUT2D eigenvalue weighted by Gasteiger charge is 2.28.